The molecule has 0 aliphatic heterocycles. The van der Waals surface area contributed by atoms with Gasteiger partial charge in [-0.15, -0.1) is 0 Å². The van der Waals surface area contributed by atoms with E-state index in [0.29, 0.717) is 13.0 Å². The van der Waals surface area contributed by atoms with Gasteiger partial charge >= 0.3 is 12.0 Å². The fourth-order valence-electron chi connectivity index (χ4n) is 1.93. The number of aryl methyl sites for hydroxylation is 1. The number of hydrogen-bond acceptors (Lipinski definition) is 2. The average molecular weight is 278 g/mol. The van der Waals surface area contributed by atoms with E-state index in [-0.39, 0.29) is 18.5 Å². The third-order valence-electron chi connectivity index (χ3n) is 3.15. The SMILES string of the molecule is CCC(CC(=O)O)NC(=O)N(CC)c1ccc(C)cc1. The maximum absolute atomic E-state index is 12.2. The van der Waals surface area contributed by atoms with E-state index in [2.05, 4.69) is 5.32 Å². The second-order valence-electron chi connectivity index (χ2n) is 4.73. The average Bonchev–Trinajstić information content (AvgIpc) is 2.40. The van der Waals surface area contributed by atoms with Crippen molar-refractivity contribution in [2.24, 2.45) is 0 Å². The number of nitrogens with one attached hydrogen (secondary N) is 1. The zero-order valence-corrected chi connectivity index (χ0v) is 12.2. The van der Waals surface area contributed by atoms with Crippen molar-refractivity contribution in [3.8, 4) is 0 Å². The molecule has 0 spiro atoms. The molecule has 0 saturated heterocycles. The summed E-state index contributed by atoms with van der Waals surface area (Å²) in [7, 11) is 0. The van der Waals surface area contributed by atoms with Gasteiger partial charge in [0, 0.05) is 18.3 Å². The first-order valence-corrected chi connectivity index (χ1v) is 6.84. The molecule has 0 fully saturated rings. The molecule has 110 valence electrons. The van der Waals surface area contributed by atoms with Gasteiger partial charge in [0.15, 0.2) is 0 Å². The number of amides is 2. The maximum atomic E-state index is 12.2. The molecule has 2 amide bonds. The quantitative estimate of drug-likeness (QED) is 0.840. The van der Waals surface area contributed by atoms with Crippen molar-refractivity contribution in [1.82, 2.24) is 5.32 Å². The second-order valence-corrected chi connectivity index (χ2v) is 4.73. The Balaban J connectivity index is 2.76. The maximum Gasteiger partial charge on any atom is 0.322 e. The fraction of sp³-hybridized carbons (Fsp3) is 0.467. The van der Waals surface area contributed by atoms with E-state index in [1.807, 2.05) is 45.0 Å². The van der Waals surface area contributed by atoms with Crippen LogP contribution in [0.15, 0.2) is 24.3 Å². The van der Waals surface area contributed by atoms with E-state index < -0.39 is 5.97 Å². The highest BCUT2D eigenvalue weighted by Crippen LogP contribution is 2.15. The van der Waals surface area contributed by atoms with Crippen molar-refractivity contribution in [3.05, 3.63) is 29.8 Å². The van der Waals surface area contributed by atoms with Gasteiger partial charge in [-0.3, -0.25) is 9.69 Å². The van der Waals surface area contributed by atoms with Gasteiger partial charge in [0.1, 0.15) is 0 Å². The van der Waals surface area contributed by atoms with Crippen LogP contribution in [0.3, 0.4) is 0 Å². The van der Waals surface area contributed by atoms with E-state index >= 15 is 0 Å². The topological polar surface area (TPSA) is 69.6 Å². The van der Waals surface area contributed by atoms with Gasteiger partial charge in [-0.1, -0.05) is 24.6 Å². The first-order chi connectivity index (χ1) is 9.47. The molecule has 0 aliphatic rings. The number of aliphatic carboxylic acids is 1. The number of carbonyl (C=O) groups is 2. The van der Waals surface area contributed by atoms with Gasteiger partial charge in [0.25, 0.3) is 0 Å². The number of carboxylic acid groups (broad SMARTS) is 1. The molecule has 0 aromatic heterocycles. The first kappa shape index (κ1) is 16.0. The zero-order chi connectivity index (χ0) is 15.1. The highest BCUT2D eigenvalue weighted by Gasteiger charge is 2.19. The molecule has 2 N–H and O–H groups in total. The molecule has 0 bridgehead atoms. The molecular formula is C15H22N2O3. The Morgan fingerprint density at radius 3 is 2.30 bits per heavy atom. The van der Waals surface area contributed by atoms with Crippen LogP contribution in [0.1, 0.15) is 32.3 Å². The molecular weight excluding hydrogens is 256 g/mol. The number of anilines is 1. The van der Waals surface area contributed by atoms with Crippen molar-refractivity contribution in [2.75, 3.05) is 11.4 Å². The van der Waals surface area contributed by atoms with Crippen LogP contribution >= 0.6 is 0 Å². The second kappa shape index (κ2) is 7.53. The van der Waals surface area contributed by atoms with Crippen LogP contribution in [0.2, 0.25) is 0 Å². The van der Waals surface area contributed by atoms with E-state index in [1.54, 1.807) is 4.90 Å². The lowest BCUT2D eigenvalue weighted by Gasteiger charge is -2.24. The highest BCUT2D eigenvalue weighted by atomic mass is 16.4. The Morgan fingerprint density at radius 2 is 1.85 bits per heavy atom. The summed E-state index contributed by atoms with van der Waals surface area (Å²) >= 11 is 0. The van der Waals surface area contributed by atoms with Crippen LogP contribution in [-0.4, -0.2) is 29.7 Å². The molecule has 5 heteroatoms. The summed E-state index contributed by atoms with van der Waals surface area (Å²) in [5, 5.41) is 11.6. The van der Waals surface area contributed by atoms with Gasteiger partial charge in [-0.2, -0.15) is 0 Å². The number of nitrogens with zero attached hydrogens (tertiary/aromatic N) is 1. The minimum atomic E-state index is -0.907. The van der Waals surface area contributed by atoms with E-state index in [1.165, 1.54) is 0 Å². The standard InChI is InChI=1S/C15H22N2O3/c1-4-12(10-14(18)19)16-15(20)17(5-2)13-8-6-11(3)7-9-13/h6-9,12H,4-5,10H2,1-3H3,(H,16,20)(H,18,19). The molecule has 0 heterocycles. The summed E-state index contributed by atoms with van der Waals surface area (Å²) in [5.41, 5.74) is 1.93. The highest BCUT2D eigenvalue weighted by molar-refractivity contribution is 5.92. The number of hydrogen-bond donors (Lipinski definition) is 2. The number of carbonyl (C=O) groups excluding carboxylic acids is 1. The third-order valence-corrected chi connectivity index (χ3v) is 3.15. The van der Waals surface area contributed by atoms with Crippen molar-refractivity contribution in [1.29, 1.82) is 0 Å². The largest absolute Gasteiger partial charge is 0.481 e. The summed E-state index contributed by atoms with van der Waals surface area (Å²) in [6.45, 7) is 6.26. The lowest BCUT2D eigenvalue weighted by molar-refractivity contribution is -0.137. The molecule has 1 aromatic rings. The molecule has 1 rings (SSSR count). The normalized spacial score (nSPS) is 11.8. The Bertz CT molecular complexity index is 457. The van der Waals surface area contributed by atoms with Gasteiger partial charge in [0.2, 0.25) is 0 Å². The van der Waals surface area contributed by atoms with E-state index in [4.69, 9.17) is 5.11 Å². The molecule has 5 nitrogen and oxygen atoms in total. The summed E-state index contributed by atoms with van der Waals surface area (Å²) < 4.78 is 0. The van der Waals surface area contributed by atoms with E-state index in [9.17, 15) is 9.59 Å². The van der Waals surface area contributed by atoms with Crippen molar-refractivity contribution < 1.29 is 14.7 Å². The molecule has 1 atom stereocenters. The molecule has 1 unspecified atom stereocenters. The molecule has 20 heavy (non-hydrogen) atoms. The van der Waals surface area contributed by atoms with Crippen molar-refractivity contribution in [3.63, 3.8) is 0 Å². The van der Waals surface area contributed by atoms with E-state index in [0.717, 1.165) is 11.3 Å². The van der Waals surface area contributed by atoms with Crippen molar-refractivity contribution in [2.45, 2.75) is 39.7 Å². The summed E-state index contributed by atoms with van der Waals surface area (Å²) in [6.07, 6.45) is 0.525. The number of rotatable bonds is 6. The number of carboxylic acids is 1. The van der Waals surface area contributed by atoms with Gasteiger partial charge in [0.05, 0.1) is 6.42 Å². The fourth-order valence-corrected chi connectivity index (χ4v) is 1.93. The Labute approximate surface area is 119 Å². The summed E-state index contributed by atoms with van der Waals surface area (Å²) in [6, 6.07) is 7.05. The Kier molecular flexibility index (Phi) is 6.03. The zero-order valence-electron chi connectivity index (χ0n) is 12.2. The number of urea groups is 1. The molecule has 1 aromatic carbocycles. The first-order valence-electron chi connectivity index (χ1n) is 6.84. The summed E-state index contributed by atoms with van der Waals surface area (Å²) in [4.78, 5) is 24.6. The lowest BCUT2D eigenvalue weighted by atomic mass is 10.1. The monoisotopic (exact) mass is 278 g/mol. The van der Waals surface area contributed by atoms with Crippen LogP contribution in [0.5, 0.6) is 0 Å². The van der Waals surface area contributed by atoms with Gasteiger partial charge in [-0.25, -0.2) is 4.79 Å². The smallest absolute Gasteiger partial charge is 0.322 e. The predicted molar refractivity (Wildman–Crippen MR) is 79.1 cm³/mol. The lowest BCUT2D eigenvalue weighted by Crippen LogP contribution is -2.45. The third kappa shape index (κ3) is 4.57. The Morgan fingerprint density at radius 1 is 1.25 bits per heavy atom. The van der Waals surface area contributed by atoms with Gasteiger partial charge < -0.3 is 10.4 Å². The minimum Gasteiger partial charge on any atom is -0.481 e. The minimum absolute atomic E-state index is 0.0618. The summed E-state index contributed by atoms with van der Waals surface area (Å²) in [5.74, 6) is -0.907. The molecule has 0 saturated carbocycles. The predicted octanol–water partition coefficient (Wildman–Crippen LogP) is 2.78. The Hall–Kier alpha value is -2.04. The molecule has 0 aliphatic carbocycles. The van der Waals surface area contributed by atoms with Crippen LogP contribution in [0.4, 0.5) is 10.5 Å². The van der Waals surface area contributed by atoms with Crippen molar-refractivity contribution >= 4 is 17.7 Å². The van der Waals surface area contributed by atoms with Crippen LogP contribution < -0.4 is 10.2 Å². The van der Waals surface area contributed by atoms with Crippen LogP contribution in [0.25, 0.3) is 0 Å². The van der Waals surface area contributed by atoms with Crippen LogP contribution in [0, 0.1) is 6.92 Å². The van der Waals surface area contributed by atoms with Crippen LogP contribution in [-0.2, 0) is 4.79 Å². The molecule has 0 radical (unpaired) electrons. The van der Waals surface area contributed by atoms with Gasteiger partial charge in [-0.05, 0) is 32.4 Å². The number of benzene rings is 1.